The highest BCUT2D eigenvalue weighted by atomic mass is 19.1. The molecule has 0 spiro atoms. The van der Waals surface area contributed by atoms with Crippen molar-refractivity contribution in [2.75, 3.05) is 18.0 Å². The van der Waals surface area contributed by atoms with E-state index in [0.29, 0.717) is 5.56 Å². The Labute approximate surface area is 163 Å². The van der Waals surface area contributed by atoms with Crippen molar-refractivity contribution in [3.05, 3.63) is 70.7 Å². The number of nitrogens with one attached hydrogen (secondary N) is 1. The summed E-state index contributed by atoms with van der Waals surface area (Å²) in [5.41, 5.74) is 4.09. The fourth-order valence-electron chi connectivity index (χ4n) is 3.64. The zero-order chi connectivity index (χ0) is 19.7. The summed E-state index contributed by atoms with van der Waals surface area (Å²) in [4.78, 5) is 28.4. The van der Waals surface area contributed by atoms with Gasteiger partial charge >= 0.3 is 6.03 Å². The van der Waals surface area contributed by atoms with Crippen molar-refractivity contribution in [3.63, 3.8) is 0 Å². The van der Waals surface area contributed by atoms with Gasteiger partial charge < -0.3 is 10.2 Å². The van der Waals surface area contributed by atoms with Gasteiger partial charge in [0.15, 0.2) is 0 Å². The molecule has 5 nitrogen and oxygen atoms in total. The van der Waals surface area contributed by atoms with Crippen molar-refractivity contribution >= 4 is 23.7 Å². The predicted molar refractivity (Wildman–Crippen MR) is 106 cm³/mol. The number of nitrogens with zero attached hydrogens (tertiary/aromatic N) is 2. The Morgan fingerprint density at radius 1 is 1.07 bits per heavy atom. The van der Waals surface area contributed by atoms with Crippen molar-refractivity contribution in [1.82, 2.24) is 10.2 Å². The molecule has 2 heterocycles. The first-order chi connectivity index (χ1) is 13.5. The van der Waals surface area contributed by atoms with Crippen LogP contribution in [-0.4, -0.2) is 29.9 Å². The molecule has 28 heavy (non-hydrogen) atoms. The zero-order valence-corrected chi connectivity index (χ0v) is 15.7. The maximum atomic E-state index is 13.1. The van der Waals surface area contributed by atoms with Crippen LogP contribution in [0.3, 0.4) is 0 Å². The van der Waals surface area contributed by atoms with Gasteiger partial charge in [0.2, 0.25) is 0 Å². The molecule has 0 aromatic heterocycles. The van der Waals surface area contributed by atoms with E-state index in [0.717, 1.165) is 29.1 Å². The van der Waals surface area contributed by atoms with Gasteiger partial charge in [-0.25, -0.2) is 9.18 Å². The highest BCUT2D eigenvalue weighted by molar-refractivity contribution is 6.14. The number of amides is 3. The Morgan fingerprint density at radius 2 is 1.79 bits per heavy atom. The minimum Gasteiger partial charge on any atom is -0.372 e. The normalized spacial score (nSPS) is 18.3. The number of benzene rings is 2. The van der Waals surface area contributed by atoms with Gasteiger partial charge in [-0.3, -0.25) is 9.69 Å². The maximum Gasteiger partial charge on any atom is 0.329 e. The van der Waals surface area contributed by atoms with Crippen LogP contribution >= 0.6 is 0 Å². The van der Waals surface area contributed by atoms with Crippen molar-refractivity contribution in [2.24, 2.45) is 0 Å². The average Bonchev–Trinajstić information content (AvgIpc) is 3.30. The summed E-state index contributed by atoms with van der Waals surface area (Å²) in [6.45, 7) is 4.26. The quantitative estimate of drug-likeness (QED) is 0.649. The van der Waals surface area contributed by atoms with E-state index in [-0.39, 0.29) is 24.0 Å². The van der Waals surface area contributed by atoms with Crippen LogP contribution < -0.4 is 10.2 Å². The average molecular weight is 379 g/mol. The molecule has 0 unspecified atom stereocenters. The first-order valence-corrected chi connectivity index (χ1v) is 9.46. The van der Waals surface area contributed by atoms with Crippen LogP contribution in [0.5, 0.6) is 0 Å². The van der Waals surface area contributed by atoms with Crippen molar-refractivity contribution < 1.29 is 14.0 Å². The van der Waals surface area contributed by atoms with Crippen LogP contribution in [0.1, 0.15) is 29.5 Å². The smallest absolute Gasteiger partial charge is 0.329 e. The third-order valence-electron chi connectivity index (χ3n) is 5.24. The van der Waals surface area contributed by atoms with Gasteiger partial charge in [-0.2, -0.15) is 0 Å². The molecular formula is C22H22FN3O2. The van der Waals surface area contributed by atoms with Crippen LogP contribution in [0, 0.1) is 12.7 Å². The van der Waals surface area contributed by atoms with Gasteiger partial charge in [-0.05, 0) is 66.8 Å². The van der Waals surface area contributed by atoms with E-state index in [1.54, 1.807) is 18.2 Å². The number of aryl methyl sites for hydroxylation is 1. The fourth-order valence-corrected chi connectivity index (χ4v) is 3.64. The lowest BCUT2D eigenvalue weighted by Crippen LogP contribution is -2.30. The van der Waals surface area contributed by atoms with Gasteiger partial charge in [0.05, 0.1) is 6.54 Å². The Kier molecular flexibility index (Phi) is 4.86. The second-order valence-electron chi connectivity index (χ2n) is 7.24. The number of hydrogen-bond acceptors (Lipinski definition) is 3. The largest absolute Gasteiger partial charge is 0.372 e. The predicted octanol–water partition coefficient (Wildman–Crippen LogP) is 3.83. The van der Waals surface area contributed by atoms with E-state index >= 15 is 0 Å². The number of urea groups is 1. The lowest BCUT2D eigenvalue weighted by molar-refractivity contribution is -0.123. The van der Waals surface area contributed by atoms with E-state index < -0.39 is 6.03 Å². The molecule has 2 aliphatic rings. The molecule has 2 aliphatic heterocycles. The molecule has 4 rings (SSSR count). The number of imide groups is 1. The molecule has 144 valence electrons. The summed E-state index contributed by atoms with van der Waals surface area (Å²) in [6.07, 6.45) is 4.15. The number of rotatable bonds is 4. The highest BCUT2D eigenvalue weighted by Gasteiger charge is 2.33. The van der Waals surface area contributed by atoms with Gasteiger partial charge in [0, 0.05) is 18.8 Å². The standard InChI is InChI=1S/C22H22FN3O2/c1-15-12-19(25-10-2-3-11-25)9-6-17(15)13-20-21(27)26(22(28)24-20)14-16-4-7-18(23)8-5-16/h4-9,12-13H,2-3,10-11,14H2,1H3,(H,24,28)/b20-13-. The minimum atomic E-state index is -0.466. The summed E-state index contributed by atoms with van der Waals surface area (Å²) in [5.74, 6) is -0.730. The third kappa shape index (κ3) is 3.63. The second kappa shape index (κ2) is 7.46. The molecule has 2 aromatic carbocycles. The van der Waals surface area contributed by atoms with E-state index in [1.165, 1.54) is 30.7 Å². The van der Waals surface area contributed by atoms with Crippen LogP contribution in [0.4, 0.5) is 14.9 Å². The van der Waals surface area contributed by atoms with Crippen molar-refractivity contribution in [1.29, 1.82) is 0 Å². The Morgan fingerprint density at radius 3 is 2.46 bits per heavy atom. The summed E-state index contributed by atoms with van der Waals surface area (Å²) < 4.78 is 13.1. The molecule has 3 amide bonds. The van der Waals surface area contributed by atoms with Crippen molar-refractivity contribution in [3.8, 4) is 0 Å². The maximum absolute atomic E-state index is 13.1. The Balaban J connectivity index is 1.52. The van der Waals surface area contributed by atoms with Gasteiger partial charge in [-0.15, -0.1) is 0 Å². The molecular weight excluding hydrogens is 357 g/mol. The van der Waals surface area contributed by atoms with Crippen LogP contribution in [0.25, 0.3) is 6.08 Å². The number of carbonyl (C=O) groups excluding carboxylic acids is 2. The number of anilines is 1. The monoisotopic (exact) mass is 379 g/mol. The van der Waals surface area contributed by atoms with E-state index in [9.17, 15) is 14.0 Å². The molecule has 0 aliphatic carbocycles. The van der Waals surface area contributed by atoms with E-state index in [4.69, 9.17) is 0 Å². The molecule has 0 saturated carbocycles. The van der Waals surface area contributed by atoms with Crippen LogP contribution in [0.15, 0.2) is 48.2 Å². The highest BCUT2D eigenvalue weighted by Crippen LogP contribution is 2.25. The molecule has 0 bridgehead atoms. The lowest BCUT2D eigenvalue weighted by Gasteiger charge is -2.18. The summed E-state index contributed by atoms with van der Waals surface area (Å²) in [6, 6.07) is 11.5. The molecule has 1 N–H and O–H groups in total. The second-order valence-corrected chi connectivity index (χ2v) is 7.24. The van der Waals surface area contributed by atoms with Gasteiger partial charge in [0.1, 0.15) is 11.5 Å². The number of carbonyl (C=O) groups is 2. The molecule has 2 aromatic rings. The summed E-state index contributed by atoms with van der Waals surface area (Å²) >= 11 is 0. The first-order valence-electron chi connectivity index (χ1n) is 9.46. The molecule has 6 heteroatoms. The van der Waals surface area contributed by atoms with Crippen molar-refractivity contribution in [2.45, 2.75) is 26.3 Å². The SMILES string of the molecule is Cc1cc(N2CCCC2)ccc1/C=C1\NC(=O)N(Cc2ccc(F)cc2)C1=O. The number of halogens is 1. The van der Waals surface area contributed by atoms with E-state index in [2.05, 4.69) is 22.3 Å². The first kappa shape index (κ1) is 18.2. The topological polar surface area (TPSA) is 52.7 Å². The molecule has 2 fully saturated rings. The minimum absolute atomic E-state index is 0.106. The fraction of sp³-hybridized carbons (Fsp3) is 0.273. The van der Waals surface area contributed by atoms with Gasteiger partial charge in [-0.1, -0.05) is 18.2 Å². The lowest BCUT2D eigenvalue weighted by atomic mass is 10.1. The van der Waals surface area contributed by atoms with Crippen LogP contribution in [0.2, 0.25) is 0 Å². The van der Waals surface area contributed by atoms with Crippen LogP contribution in [-0.2, 0) is 11.3 Å². The summed E-state index contributed by atoms with van der Waals surface area (Å²) in [7, 11) is 0. The Hall–Kier alpha value is -3.15. The molecule has 0 atom stereocenters. The number of hydrogen-bond donors (Lipinski definition) is 1. The zero-order valence-electron chi connectivity index (χ0n) is 15.7. The molecule has 0 radical (unpaired) electrons. The van der Waals surface area contributed by atoms with Gasteiger partial charge in [0.25, 0.3) is 5.91 Å². The molecule has 2 saturated heterocycles. The summed E-state index contributed by atoms with van der Waals surface area (Å²) in [5, 5.41) is 2.64. The van der Waals surface area contributed by atoms with E-state index in [1.807, 2.05) is 13.0 Å². The third-order valence-corrected chi connectivity index (χ3v) is 5.24. The Bertz CT molecular complexity index is 947.